The van der Waals surface area contributed by atoms with Gasteiger partial charge in [0.05, 0.1) is 20.3 Å². The van der Waals surface area contributed by atoms with Crippen LogP contribution in [0.1, 0.15) is 15.9 Å². The molecule has 2 amide bonds. The molecule has 1 fully saturated rings. The summed E-state index contributed by atoms with van der Waals surface area (Å²) in [5.74, 6) is 0.513. The van der Waals surface area contributed by atoms with Crippen LogP contribution in [0.4, 0.5) is 0 Å². The van der Waals surface area contributed by atoms with E-state index in [2.05, 4.69) is 5.32 Å². The molecule has 0 unspecified atom stereocenters. The van der Waals surface area contributed by atoms with E-state index in [0.29, 0.717) is 49.9 Å². The van der Waals surface area contributed by atoms with Crippen LogP contribution < -0.4 is 14.8 Å². The van der Waals surface area contributed by atoms with Crippen molar-refractivity contribution in [2.75, 3.05) is 40.0 Å². The van der Waals surface area contributed by atoms with Crippen LogP contribution in [0.3, 0.4) is 0 Å². The normalized spacial score (nSPS) is 13.7. The lowest BCUT2D eigenvalue weighted by atomic mass is 10.1. The minimum absolute atomic E-state index is 0.0874. The topological polar surface area (TPSA) is 77.1 Å². The Morgan fingerprint density at radius 2 is 1.82 bits per heavy atom. The zero-order valence-electron chi connectivity index (χ0n) is 15.8. The van der Waals surface area contributed by atoms with Crippen LogP contribution in [0.15, 0.2) is 48.5 Å². The minimum atomic E-state index is -0.210. The fraction of sp³-hybridized carbons (Fsp3) is 0.333. The smallest absolute Gasteiger partial charge is 0.260 e. The molecule has 2 aromatic rings. The number of hydrogen-bond acceptors (Lipinski definition) is 5. The van der Waals surface area contributed by atoms with E-state index in [-0.39, 0.29) is 18.4 Å². The lowest BCUT2D eigenvalue weighted by Crippen LogP contribution is -2.43. The summed E-state index contributed by atoms with van der Waals surface area (Å²) in [6.45, 7) is 2.58. The third-order valence-electron chi connectivity index (χ3n) is 4.44. The van der Waals surface area contributed by atoms with Gasteiger partial charge in [-0.2, -0.15) is 0 Å². The van der Waals surface area contributed by atoms with Crippen molar-refractivity contribution in [2.45, 2.75) is 6.54 Å². The summed E-state index contributed by atoms with van der Waals surface area (Å²) in [6, 6.07) is 14.6. The average molecular weight is 384 g/mol. The van der Waals surface area contributed by atoms with Gasteiger partial charge in [0.2, 0.25) is 0 Å². The summed E-state index contributed by atoms with van der Waals surface area (Å²) in [6.07, 6.45) is 0. The van der Waals surface area contributed by atoms with Crippen LogP contribution >= 0.6 is 0 Å². The third-order valence-corrected chi connectivity index (χ3v) is 4.44. The zero-order valence-corrected chi connectivity index (χ0v) is 15.8. The van der Waals surface area contributed by atoms with Gasteiger partial charge in [-0.15, -0.1) is 0 Å². The quantitative estimate of drug-likeness (QED) is 0.789. The Labute approximate surface area is 164 Å². The number of amides is 2. The van der Waals surface area contributed by atoms with Crippen molar-refractivity contribution < 1.29 is 23.8 Å². The molecule has 1 saturated heterocycles. The molecular formula is C21H24N2O5. The second kappa shape index (κ2) is 9.75. The van der Waals surface area contributed by atoms with Gasteiger partial charge in [0.25, 0.3) is 11.8 Å². The largest absolute Gasteiger partial charge is 0.493 e. The second-order valence-corrected chi connectivity index (χ2v) is 6.32. The number of benzene rings is 2. The maximum Gasteiger partial charge on any atom is 0.260 e. The fourth-order valence-electron chi connectivity index (χ4n) is 2.85. The number of rotatable bonds is 7. The molecule has 0 saturated carbocycles. The molecule has 0 spiro atoms. The van der Waals surface area contributed by atoms with Gasteiger partial charge in [0.1, 0.15) is 0 Å². The van der Waals surface area contributed by atoms with E-state index in [1.165, 1.54) is 7.11 Å². The number of hydrogen-bond donors (Lipinski definition) is 1. The predicted molar refractivity (Wildman–Crippen MR) is 104 cm³/mol. The average Bonchev–Trinajstić information content (AvgIpc) is 2.77. The number of methoxy groups -OCH3 is 1. The standard InChI is InChI=1S/C21H24N2O5/c1-26-19-13-17(21(25)22-14-16-5-3-2-4-6-16)7-8-18(19)28-15-20(24)23-9-11-27-12-10-23/h2-8,13H,9-12,14-15H2,1H3,(H,22,25). The maximum atomic E-state index is 12.4. The third kappa shape index (κ3) is 5.23. The highest BCUT2D eigenvalue weighted by Gasteiger charge is 2.18. The molecule has 7 nitrogen and oxygen atoms in total. The molecule has 148 valence electrons. The molecule has 1 heterocycles. The summed E-state index contributed by atoms with van der Waals surface area (Å²) in [7, 11) is 1.50. The molecule has 3 rings (SSSR count). The Morgan fingerprint density at radius 3 is 2.54 bits per heavy atom. The molecule has 0 atom stereocenters. The van der Waals surface area contributed by atoms with Gasteiger partial charge in [-0.25, -0.2) is 0 Å². The van der Waals surface area contributed by atoms with Gasteiger partial charge < -0.3 is 24.4 Å². The van der Waals surface area contributed by atoms with Crippen LogP contribution in [-0.2, 0) is 16.1 Å². The molecule has 1 aliphatic heterocycles. The lowest BCUT2D eigenvalue weighted by Gasteiger charge is -2.26. The minimum Gasteiger partial charge on any atom is -0.493 e. The van der Waals surface area contributed by atoms with Crippen molar-refractivity contribution in [2.24, 2.45) is 0 Å². The van der Waals surface area contributed by atoms with E-state index in [0.717, 1.165) is 5.56 Å². The van der Waals surface area contributed by atoms with E-state index in [1.54, 1.807) is 23.1 Å². The SMILES string of the molecule is COc1cc(C(=O)NCc2ccccc2)ccc1OCC(=O)N1CCOCC1. The highest BCUT2D eigenvalue weighted by Crippen LogP contribution is 2.28. The molecule has 0 bridgehead atoms. The zero-order chi connectivity index (χ0) is 19.8. The van der Waals surface area contributed by atoms with Crippen LogP contribution in [-0.4, -0.2) is 56.7 Å². The molecule has 1 aliphatic rings. The number of morpholine rings is 1. The van der Waals surface area contributed by atoms with Crippen molar-refractivity contribution in [3.05, 3.63) is 59.7 Å². The van der Waals surface area contributed by atoms with E-state index in [4.69, 9.17) is 14.2 Å². The molecule has 7 heteroatoms. The summed E-state index contributed by atoms with van der Waals surface area (Å²) in [4.78, 5) is 26.3. The molecule has 0 radical (unpaired) electrons. The van der Waals surface area contributed by atoms with E-state index in [9.17, 15) is 9.59 Å². The van der Waals surface area contributed by atoms with Crippen molar-refractivity contribution >= 4 is 11.8 Å². The summed E-state index contributed by atoms with van der Waals surface area (Å²) in [5.41, 5.74) is 1.48. The molecule has 0 aromatic heterocycles. The molecule has 28 heavy (non-hydrogen) atoms. The highest BCUT2D eigenvalue weighted by molar-refractivity contribution is 5.94. The number of carbonyl (C=O) groups excluding carboxylic acids is 2. The highest BCUT2D eigenvalue weighted by atomic mass is 16.5. The van der Waals surface area contributed by atoms with Gasteiger partial charge in [0, 0.05) is 25.2 Å². The first kappa shape index (κ1) is 19.7. The number of carbonyl (C=O) groups is 2. The van der Waals surface area contributed by atoms with Crippen molar-refractivity contribution in [3.63, 3.8) is 0 Å². The van der Waals surface area contributed by atoms with Crippen LogP contribution in [0, 0.1) is 0 Å². The Balaban J connectivity index is 1.58. The summed E-state index contributed by atoms with van der Waals surface area (Å²) < 4.78 is 16.2. The van der Waals surface area contributed by atoms with Gasteiger partial charge in [-0.3, -0.25) is 9.59 Å². The van der Waals surface area contributed by atoms with Crippen molar-refractivity contribution in [1.82, 2.24) is 10.2 Å². The Bertz CT molecular complexity index is 804. The monoisotopic (exact) mass is 384 g/mol. The first-order valence-electron chi connectivity index (χ1n) is 9.16. The molecule has 0 aliphatic carbocycles. The Hall–Kier alpha value is -3.06. The van der Waals surface area contributed by atoms with Gasteiger partial charge in [-0.05, 0) is 23.8 Å². The summed E-state index contributed by atoms with van der Waals surface area (Å²) >= 11 is 0. The van der Waals surface area contributed by atoms with Crippen molar-refractivity contribution in [3.8, 4) is 11.5 Å². The van der Waals surface area contributed by atoms with Gasteiger partial charge in [-0.1, -0.05) is 30.3 Å². The van der Waals surface area contributed by atoms with Crippen LogP contribution in [0.25, 0.3) is 0 Å². The van der Waals surface area contributed by atoms with Gasteiger partial charge in [0.15, 0.2) is 18.1 Å². The first-order valence-corrected chi connectivity index (χ1v) is 9.16. The van der Waals surface area contributed by atoms with E-state index in [1.807, 2.05) is 30.3 Å². The van der Waals surface area contributed by atoms with E-state index < -0.39 is 0 Å². The lowest BCUT2D eigenvalue weighted by molar-refractivity contribution is -0.137. The van der Waals surface area contributed by atoms with Gasteiger partial charge >= 0.3 is 0 Å². The van der Waals surface area contributed by atoms with Crippen LogP contribution in [0.5, 0.6) is 11.5 Å². The Morgan fingerprint density at radius 1 is 1.07 bits per heavy atom. The number of ether oxygens (including phenoxy) is 3. The number of nitrogens with one attached hydrogen (secondary N) is 1. The maximum absolute atomic E-state index is 12.4. The van der Waals surface area contributed by atoms with Crippen molar-refractivity contribution in [1.29, 1.82) is 0 Å². The fourth-order valence-corrected chi connectivity index (χ4v) is 2.85. The first-order chi connectivity index (χ1) is 13.7. The Kier molecular flexibility index (Phi) is 6.86. The summed E-state index contributed by atoms with van der Waals surface area (Å²) in [5, 5.41) is 2.87. The molecule has 2 aromatic carbocycles. The number of nitrogens with zero attached hydrogens (tertiary/aromatic N) is 1. The second-order valence-electron chi connectivity index (χ2n) is 6.32. The molecular weight excluding hydrogens is 360 g/mol. The predicted octanol–water partition coefficient (Wildman–Crippen LogP) is 1.86. The van der Waals surface area contributed by atoms with E-state index >= 15 is 0 Å². The molecule has 1 N–H and O–H groups in total. The van der Waals surface area contributed by atoms with Crippen LogP contribution in [0.2, 0.25) is 0 Å².